The Bertz CT molecular complexity index is 450. The van der Waals surface area contributed by atoms with Gasteiger partial charge in [-0.15, -0.1) is 0 Å². The fourth-order valence-electron chi connectivity index (χ4n) is 2.31. The van der Waals surface area contributed by atoms with Crippen LogP contribution in [0.4, 0.5) is 0 Å². The zero-order valence-corrected chi connectivity index (χ0v) is 10.9. The molecule has 0 fully saturated rings. The Morgan fingerprint density at radius 1 is 1.59 bits per heavy atom. The molecule has 1 unspecified atom stereocenters. The molecule has 0 radical (unpaired) electrons. The van der Waals surface area contributed by atoms with Crippen LogP contribution in [0.2, 0.25) is 0 Å². The van der Waals surface area contributed by atoms with Crippen LogP contribution < -0.4 is 0 Å². The summed E-state index contributed by atoms with van der Waals surface area (Å²) in [4.78, 5) is 6.89. The number of nitrogens with zero attached hydrogens (tertiary/aromatic N) is 2. The molecule has 2 heterocycles. The second-order valence-electron chi connectivity index (χ2n) is 4.69. The molecule has 1 atom stereocenters. The number of likely N-dealkylation sites (N-methyl/N-ethyl adjacent to an activating group) is 1. The SMILES string of the molecule is C=CC1=C(C)CC(C2=CN(C)C(CC)C=C2)=N1. The molecule has 90 valence electrons. The number of allylic oxidation sites excluding steroid dienone is 4. The van der Waals surface area contributed by atoms with Crippen molar-refractivity contribution < 1.29 is 0 Å². The van der Waals surface area contributed by atoms with E-state index in [0.717, 1.165) is 24.3 Å². The van der Waals surface area contributed by atoms with E-state index < -0.39 is 0 Å². The van der Waals surface area contributed by atoms with Crippen LogP contribution in [0.15, 0.2) is 52.8 Å². The summed E-state index contributed by atoms with van der Waals surface area (Å²) < 4.78 is 0. The van der Waals surface area contributed by atoms with Crippen LogP contribution in [0, 0.1) is 0 Å². The average Bonchev–Trinajstić information content (AvgIpc) is 2.70. The normalized spacial score (nSPS) is 23.9. The van der Waals surface area contributed by atoms with E-state index in [0.29, 0.717) is 6.04 Å². The van der Waals surface area contributed by atoms with Crippen LogP contribution in [0.5, 0.6) is 0 Å². The minimum Gasteiger partial charge on any atom is -0.373 e. The van der Waals surface area contributed by atoms with Crippen molar-refractivity contribution in [3.63, 3.8) is 0 Å². The molecule has 0 bridgehead atoms. The van der Waals surface area contributed by atoms with Gasteiger partial charge in [0.15, 0.2) is 0 Å². The first-order valence-electron chi connectivity index (χ1n) is 6.17. The summed E-state index contributed by atoms with van der Waals surface area (Å²) >= 11 is 0. The molecular weight excluding hydrogens is 208 g/mol. The average molecular weight is 228 g/mol. The van der Waals surface area contributed by atoms with Crippen molar-refractivity contribution in [1.29, 1.82) is 0 Å². The quantitative estimate of drug-likeness (QED) is 0.722. The van der Waals surface area contributed by atoms with Crippen LogP contribution in [0.3, 0.4) is 0 Å². The lowest BCUT2D eigenvalue weighted by atomic mass is 10.0. The molecule has 17 heavy (non-hydrogen) atoms. The molecule has 2 aliphatic heterocycles. The highest BCUT2D eigenvalue weighted by molar-refractivity contribution is 6.06. The van der Waals surface area contributed by atoms with Gasteiger partial charge in [0, 0.05) is 31.3 Å². The summed E-state index contributed by atoms with van der Waals surface area (Å²) in [5, 5.41) is 0. The molecule has 0 spiro atoms. The standard InChI is InChI=1S/C15H20N2/c1-5-13-8-7-12(10-17(13)4)15-9-11(3)14(6-2)16-15/h6-8,10,13H,2,5,9H2,1,3-4H3. The predicted molar refractivity (Wildman–Crippen MR) is 74.0 cm³/mol. The molecule has 0 saturated carbocycles. The molecule has 2 rings (SSSR count). The van der Waals surface area contributed by atoms with Crippen LogP contribution in [0.1, 0.15) is 26.7 Å². The van der Waals surface area contributed by atoms with Crippen LogP contribution >= 0.6 is 0 Å². The van der Waals surface area contributed by atoms with Crippen molar-refractivity contribution in [3.8, 4) is 0 Å². The van der Waals surface area contributed by atoms with Gasteiger partial charge in [0.1, 0.15) is 0 Å². The van der Waals surface area contributed by atoms with E-state index in [4.69, 9.17) is 0 Å². The van der Waals surface area contributed by atoms with Crippen LogP contribution in [-0.2, 0) is 0 Å². The van der Waals surface area contributed by atoms with Gasteiger partial charge in [0.2, 0.25) is 0 Å². The van der Waals surface area contributed by atoms with Gasteiger partial charge < -0.3 is 4.90 Å². The summed E-state index contributed by atoms with van der Waals surface area (Å²) in [6, 6.07) is 0.522. The number of aliphatic imine (C=N–C) groups is 1. The Balaban J connectivity index is 2.18. The molecule has 0 aromatic carbocycles. The predicted octanol–water partition coefficient (Wildman–Crippen LogP) is 3.46. The zero-order valence-electron chi connectivity index (χ0n) is 10.9. The first kappa shape index (κ1) is 11.9. The first-order valence-corrected chi connectivity index (χ1v) is 6.17. The summed E-state index contributed by atoms with van der Waals surface area (Å²) in [5.41, 5.74) is 4.74. The summed E-state index contributed by atoms with van der Waals surface area (Å²) in [6.07, 6.45) is 10.6. The van der Waals surface area contributed by atoms with Crippen LogP contribution in [0.25, 0.3) is 0 Å². The molecule has 0 aromatic heterocycles. The molecule has 0 aliphatic carbocycles. The maximum atomic E-state index is 4.63. The van der Waals surface area contributed by atoms with Gasteiger partial charge in [-0.3, -0.25) is 4.99 Å². The van der Waals surface area contributed by atoms with E-state index >= 15 is 0 Å². The highest BCUT2D eigenvalue weighted by Gasteiger charge is 2.19. The highest BCUT2D eigenvalue weighted by atomic mass is 15.1. The van der Waals surface area contributed by atoms with Gasteiger partial charge in [-0.25, -0.2) is 0 Å². The third kappa shape index (κ3) is 2.26. The van der Waals surface area contributed by atoms with Gasteiger partial charge in [-0.05, 0) is 25.0 Å². The maximum Gasteiger partial charge on any atom is 0.0620 e. The Morgan fingerprint density at radius 3 is 2.88 bits per heavy atom. The van der Waals surface area contributed by atoms with Crippen molar-refractivity contribution in [3.05, 3.63) is 47.9 Å². The van der Waals surface area contributed by atoms with E-state index in [1.807, 2.05) is 6.08 Å². The second-order valence-corrected chi connectivity index (χ2v) is 4.69. The second kappa shape index (κ2) is 4.74. The number of hydrogen-bond donors (Lipinski definition) is 0. The smallest absolute Gasteiger partial charge is 0.0620 e. The van der Waals surface area contributed by atoms with Crippen LogP contribution in [-0.4, -0.2) is 23.7 Å². The summed E-state index contributed by atoms with van der Waals surface area (Å²) in [5.74, 6) is 0. The van der Waals surface area contributed by atoms with E-state index in [2.05, 4.69) is 55.7 Å². The molecule has 0 N–H and O–H groups in total. The van der Waals surface area contributed by atoms with E-state index in [1.165, 1.54) is 11.1 Å². The maximum absolute atomic E-state index is 4.63. The molecular formula is C15H20N2. The summed E-state index contributed by atoms with van der Waals surface area (Å²) in [6.45, 7) is 8.13. The molecule has 2 heteroatoms. The van der Waals surface area contributed by atoms with E-state index in [9.17, 15) is 0 Å². The molecule has 0 saturated heterocycles. The lowest BCUT2D eigenvalue weighted by molar-refractivity contribution is 0.370. The first-order chi connectivity index (χ1) is 8.15. The number of hydrogen-bond acceptors (Lipinski definition) is 2. The third-order valence-electron chi connectivity index (χ3n) is 3.43. The molecule has 2 aliphatic rings. The fraction of sp³-hybridized carbons (Fsp3) is 0.400. The van der Waals surface area contributed by atoms with Crippen molar-refractivity contribution >= 4 is 5.71 Å². The van der Waals surface area contributed by atoms with Gasteiger partial charge >= 0.3 is 0 Å². The van der Waals surface area contributed by atoms with Gasteiger partial charge in [-0.2, -0.15) is 0 Å². The van der Waals surface area contributed by atoms with Crippen molar-refractivity contribution in [2.45, 2.75) is 32.7 Å². The largest absolute Gasteiger partial charge is 0.373 e. The van der Waals surface area contributed by atoms with Crippen molar-refractivity contribution in [1.82, 2.24) is 4.90 Å². The molecule has 0 amide bonds. The molecule has 0 aromatic rings. The lowest BCUT2D eigenvalue weighted by Crippen LogP contribution is -2.27. The Kier molecular flexibility index (Phi) is 3.32. The molecule has 2 nitrogen and oxygen atoms in total. The van der Waals surface area contributed by atoms with E-state index in [-0.39, 0.29) is 0 Å². The zero-order chi connectivity index (χ0) is 12.4. The topological polar surface area (TPSA) is 15.6 Å². The Morgan fingerprint density at radius 2 is 2.35 bits per heavy atom. The monoisotopic (exact) mass is 228 g/mol. The number of rotatable bonds is 3. The Labute approximate surface area is 104 Å². The minimum absolute atomic E-state index is 0.522. The summed E-state index contributed by atoms with van der Waals surface area (Å²) in [7, 11) is 2.13. The third-order valence-corrected chi connectivity index (χ3v) is 3.43. The van der Waals surface area contributed by atoms with Crippen molar-refractivity contribution in [2.75, 3.05) is 7.05 Å². The minimum atomic E-state index is 0.522. The highest BCUT2D eigenvalue weighted by Crippen LogP contribution is 2.26. The fourth-order valence-corrected chi connectivity index (χ4v) is 2.31. The van der Waals surface area contributed by atoms with Gasteiger partial charge in [-0.1, -0.05) is 25.7 Å². The van der Waals surface area contributed by atoms with E-state index in [1.54, 1.807) is 0 Å². The van der Waals surface area contributed by atoms with Gasteiger partial charge in [0.05, 0.1) is 11.4 Å². The van der Waals surface area contributed by atoms with Crippen molar-refractivity contribution in [2.24, 2.45) is 4.99 Å². The Hall–Kier alpha value is -1.57. The van der Waals surface area contributed by atoms with Gasteiger partial charge in [0.25, 0.3) is 0 Å². The lowest BCUT2D eigenvalue weighted by Gasteiger charge is -2.27.